The Bertz CT molecular complexity index is 535. The summed E-state index contributed by atoms with van der Waals surface area (Å²) >= 11 is 0. The number of carboxylic acid groups (broad SMARTS) is 1. The lowest BCUT2D eigenvalue weighted by atomic mass is 10.2. The standard InChI is InChI=1S/C13H15FN2O5/c14-9-4-2-1-3-8(9)12(19)16-7-11(18)15-6-5-10(17)13(20)21/h1-4,10,17H,5-7H2,(H,15,18)(H,16,19)(H,20,21)/t10-/m0/s1. The van der Waals surface area contributed by atoms with E-state index in [0.717, 1.165) is 6.07 Å². The number of aliphatic carboxylic acids is 1. The van der Waals surface area contributed by atoms with E-state index in [-0.39, 0.29) is 25.1 Å². The molecule has 0 aliphatic heterocycles. The zero-order valence-electron chi connectivity index (χ0n) is 11.0. The largest absolute Gasteiger partial charge is 0.479 e. The van der Waals surface area contributed by atoms with Gasteiger partial charge in [0, 0.05) is 13.0 Å². The van der Waals surface area contributed by atoms with E-state index in [2.05, 4.69) is 10.6 Å². The molecule has 1 aromatic carbocycles. The number of halogens is 1. The van der Waals surface area contributed by atoms with Crippen molar-refractivity contribution >= 4 is 17.8 Å². The van der Waals surface area contributed by atoms with Crippen molar-refractivity contribution in [3.05, 3.63) is 35.6 Å². The average molecular weight is 298 g/mol. The molecule has 1 rings (SSSR count). The van der Waals surface area contributed by atoms with E-state index in [1.165, 1.54) is 18.2 Å². The fourth-order valence-corrected chi connectivity index (χ4v) is 1.44. The van der Waals surface area contributed by atoms with Crippen LogP contribution in [0, 0.1) is 5.82 Å². The Balaban J connectivity index is 2.32. The number of amides is 2. The molecule has 0 aliphatic carbocycles. The highest BCUT2D eigenvalue weighted by molar-refractivity contribution is 5.96. The second-order valence-corrected chi connectivity index (χ2v) is 4.16. The fraction of sp³-hybridized carbons (Fsp3) is 0.308. The van der Waals surface area contributed by atoms with Gasteiger partial charge >= 0.3 is 5.97 Å². The summed E-state index contributed by atoms with van der Waals surface area (Å²) in [5.74, 6) is -3.37. The Morgan fingerprint density at radius 3 is 2.48 bits per heavy atom. The van der Waals surface area contributed by atoms with E-state index in [1.54, 1.807) is 0 Å². The molecule has 7 nitrogen and oxygen atoms in total. The summed E-state index contributed by atoms with van der Waals surface area (Å²) in [5, 5.41) is 21.9. The third kappa shape index (κ3) is 5.57. The third-order valence-electron chi connectivity index (χ3n) is 2.55. The van der Waals surface area contributed by atoms with Gasteiger partial charge in [-0.25, -0.2) is 9.18 Å². The Hall–Kier alpha value is -2.48. The zero-order chi connectivity index (χ0) is 15.8. The monoisotopic (exact) mass is 298 g/mol. The van der Waals surface area contributed by atoms with Crippen LogP contribution in [0.5, 0.6) is 0 Å². The van der Waals surface area contributed by atoms with Gasteiger partial charge in [-0.15, -0.1) is 0 Å². The molecule has 0 aromatic heterocycles. The molecule has 0 saturated carbocycles. The van der Waals surface area contributed by atoms with Gasteiger partial charge in [-0.05, 0) is 12.1 Å². The molecule has 2 amide bonds. The van der Waals surface area contributed by atoms with Crippen molar-refractivity contribution in [2.75, 3.05) is 13.1 Å². The van der Waals surface area contributed by atoms with Crippen LogP contribution in [0.3, 0.4) is 0 Å². The molecular formula is C13H15FN2O5. The first-order valence-electron chi connectivity index (χ1n) is 6.12. The van der Waals surface area contributed by atoms with Crippen molar-refractivity contribution in [3.63, 3.8) is 0 Å². The van der Waals surface area contributed by atoms with Gasteiger partial charge in [0.15, 0.2) is 6.10 Å². The summed E-state index contributed by atoms with van der Waals surface area (Å²) in [6.45, 7) is -0.432. The molecule has 1 aromatic rings. The highest BCUT2D eigenvalue weighted by atomic mass is 19.1. The maximum atomic E-state index is 13.3. The SMILES string of the molecule is O=C(CNC(=O)c1ccccc1F)NCC[C@H](O)C(=O)O. The van der Waals surface area contributed by atoms with Gasteiger partial charge in [-0.3, -0.25) is 9.59 Å². The van der Waals surface area contributed by atoms with E-state index >= 15 is 0 Å². The number of aliphatic hydroxyl groups is 1. The van der Waals surface area contributed by atoms with Crippen LogP contribution in [0.15, 0.2) is 24.3 Å². The van der Waals surface area contributed by atoms with E-state index in [9.17, 15) is 18.8 Å². The Kier molecular flexibility index (Phi) is 6.28. The first kappa shape index (κ1) is 16.6. The highest BCUT2D eigenvalue weighted by Gasteiger charge is 2.14. The number of carbonyl (C=O) groups is 3. The minimum atomic E-state index is -1.56. The van der Waals surface area contributed by atoms with Crippen LogP contribution >= 0.6 is 0 Å². The van der Waals surface area contributed by atoms with E-state index in [0.29, 0.717) is 0 Å². The summed E-state index contributed by atoms with van der Waals surface area (Å²) in [5.41, 5.74) is -0.174. The van der Waals surface area contributed by atoms with E-state index in [4.69, 9.17) is 10.2 Å². The molecule has 0 aliphatic rings. The zero-order valence-corrected chi connectivity index (χ0v) is 11.0. The topological polar surface area (TPSA) is 116 Å². The van der Waals surface area contributed by atoms with Gasteiger partial charge < -0.3 is 20.8 Å². The first-order valence-corrected chi connectivity index (χ1v) is 6.12. The van der Waals surface area contributed by atoms with Crippen LogP contribution in [0.25, 0.3) is 0 Å². The molecule has 0 spiro atoms. The molecule has 114 valence electrons. The van der Waals surface area contributed by atoms with Crippen LogP contribution < -0.4 is 10.6 Å². The number of carboxylic acids is 1. The van der Waals surface area contributed by atoms with Gasteiger partial charge in [-0.2, -0.15) is 0 Å². The van der Waals surface area contributed by atoms with Gasteiger partial charge in [0.05, 0.1) is 12.1 Å². The number of benzene rings is 1. The third-order valence-corrected chi connectivity index (χ3v) is 2.55. The molecule has 1 atom stereocenters. The summed E-state index contributed by atoms with van der Waals surface area (Å²) in [7, 11) is 0. The average Bonchev–Trinajstić information content (AvgIpc) is 2.45. The Labute approximate surface area is 119 Å². The van der Waals surface area contributed by atoms with Gasteiger partial charge in [0.25, 0.3) is 5.91 Å². The predicted molar refractivity (Wildman–Crippen MR) is 70.0 cm³/mol. The van der Waals surface area contributed by atoms with Crippen LogP contribution in [-0.4, -0.2) is 47.2 Å². The number of rotatable bonds is 7. The molecule has 0 fully saturated rings. The maximum absolute atomic E-state index is 13.3. The molecule has 8 heteroatoms. The summed E-state index contributed by atoms with van der Waals surface area (Å²) in [6, 6.07) is 5.34. The van der Waals surface area contributed by atoms with E-state index in [1.807, 2.05) is 0 Å². The predicted octanol–water partition coefficient (Wildman–Crippen LogP) is -0.493. The Morgan fingerprint density at radius 2 is 1.86 bits per heavy atom. The van der Waals surface area contributed by atoms with E-state index < -0.39 is 29.7 Å². The summed E-state index contributed by atoms with van der Waals surface area (Å²) < 4.78 is 13.3. The van der Waals surface area contributed by atoms with Crippen LogP contribution in [0.1, 0.15) is 16.8 Å². The molecule has 0 unspecified atom stereocenters. The number of nitrogens with one attached hydrogen (secondary N) is 2. The van der Waals surface area contributed by atoms with Crippen molar-refractivity contribution in [1.82, 2.24) is 10.6 Å². The molecule has 0 heterocycles. The van der Waals surface area contributed by atoms with Crippen LogP contribution in [0.4, 0.5) is 4.39 Å². The second kappa shape index (κ2) is 7.95. The number of hydrogen-bond acceptors (Lipinski definition) is 4. The fourth-order valence-electron chi connectivity index (χ4n) is 1.44. The maximum Gasteiger partial charge on any atom is 0.332 e. The van der Waals surface area contributed by atoms with Gasteiger partial charge in [0.1, 0.15) is 5.82 Å². The normalized spacial score (nSPS) is 11.5. The van der Waals surface area contributed by atoms with Crippen LogP contribution in [-0.2, 0) is 9.59 Å². The lowest BCUT2D eigenvalue weighted by Crippen LogP contribution is -2.38. The molecule has 0 bridgehead atoms. The minimum Gasteiger partial charge on any atom is -0.479 e. The lowest BCUT2D eigenvalue weighted by molar-refractivity contribution is -0.147. The van der Waals surface area contributed by atoms with Crippen molar-refractivity contribution in [1.29, 1.82) is 0 Å². The van der Waals surface area contributed by atoms with Gasteiger partial charge in [-0.1, -0.05) is 12.1 Å². The minimum absolute atomic E-state index is 0.0537. The van der Waals surface area contributed by atoms with Crippen molar-refractivity contribution in [3.8, 4) is 0 Å². The molecule has 0 saturated heterocycles. The van der Waals surface area contributed by atoms with Crippen molar-refractivity contribution < 1.29 is 29.0 Å². The smallest absolute Gasteiger partial charge is 0.332 e. The summed E-state index contributed by atoms with van der Waals surface area (Å²) in [6.07, 6.45) is -1.71. The second-order valence-electron chi connectivity index (χ2n) is 4.16. The Morgan fingerprint density at radius 1 is 1.19 bits per heavy atom. The summed E-state index contributed by atoms with van der Waals surface area (Å²) in [4.78, 5) is 33.3. The van der Waals surface area contributed by atoms with Crippen molar-refractivity contribution in [2.24, 2.45) is 0 Å². The van der Waals surface area contributed by atoms with Crippen LogP contribution in [0.2, 0.25) is 0 Å². The lowest BCUT2D eigenvalue weighted by Gasteiger charge is -2.08. The number of hydrogen-bond donors (Lipinski definition) is 4. The number of carbonyl (C=O) groups excluding carboxylic acids is 2. The molecule has 4 N–H and O–H groups in total. The molecule has 21 heavy (non-hydrogen) atoms. The highest BCUT2D eigenvalue weighted by Crippen LogP contribution is 2.05. The first-order chi connectivity index (χ1) is 9.91. The molecular weight excluding hydrogens is 283 g/mol. The molecule has 0 radical (unpaired) electrons. The van der Waals surface area contributed by atoms with Gasteiger partial charge in [0.2, 0.25) is 5.91 Å². The van der Waals surface area contributed by atoms with Crippen molar-refractivity contribution in [2.45, 2.75) is 12.5 Å². The number of aliphatic hydroxyl groups excluding tert-OH is 1. The quantitative estimate of drug-likeness (QED) is 0.542.